The monoisotopic (exact) mass is 932 g/mol. The summed E-state index contributed by atoms with van der Waals surface area (Å²) in [6.45, 7) is 3.84. The van der Waals surface area contributed by atoms with Crippen LogP contribution in [0, 0.1) is 0 Å². The zero-order valence-electron chi connectivity index (χ0n) is 41.8. The zero-order valence-corrected chi connectivity index (χ0v) is 42.7. The molecule has 0 aliphatic heterocycles. The fraction of sp³-hybridized carbons (Fsp3) is 0.704. The van der Waals surface area contributed by atoms with Crippen LogP contribution in [0.1, 0.15) is 187 Å². The molecule has 0 bridgehead atoms. The Kier molecular flexibility index (Phi) is 43.0. The van der Waals surface area contributed by atoms with E-state index in [1.54, 1.807) is 12.2 Å². The molecule has 0 saturated carbocycles. The maximum atomic E-state index is 12.8. The minimum Gasteiger partial charge on any atom is -0.756 e. The Hall–Kier alpha value is -2.85. The van der Waals surface area contributed by atoms with Gasteiger partial charge in [-0.3, -0.25) is 14.2 Å². The van der Waals surface area contributed by atoms with Crippen LogP contribution >= 0.6 is 7.82 Å². The number of hydrogen-bond donors (Lipinski definition) is 1. The molecule has 3 atom stereocenters. The van der Waals surface area contributed by atoms with E-state index in [1.807, 2.05) is 33.3 Å². The number of allylic oxidation sites excluding steroid dienone is 13. The van der Waals surface area contributed by atoms with Crippen molar-refractivity contribution < 1.29 is 47.2 Å². The average Bonchev–Trinajstić information content (AvgIpc) is 3.26. The van der Waals surface area contributed by atoms with Gasteiger partial charge in [-0.15, -0.1) is 0 Å². The third-order valence-electron chi connectivity index (χ3n) is 10.5. The fourth-order valence-corrected chi connectivity index (χ4v) is 7.25. The summed E-state index contributed by atoms with van der Waals surface area (Å²) in [4.78, 5) is 37.7. The molecular formula is C54H94NO9P. The summed E-state index contributed by atoms with van der Waals surface area (Å²) in [7, 11) is 1.03. The first-order valence-corrected chi connectivity index (χ1v) is 26.9. The lowest BCUT2D eigenvalue weighted by Crippen LogP contribution is -2.37. The van der Waals surface area contributed by atoms with Crippen molar-refractivity contribution >= 4 is 19.8 Å². The molecule has 11 heteroatoms. The van der Waals surface area contributed by atoms with E-state index in [-0.39, 0.29) is 32.5 Å². The molecule has 2 unspecified atom stereocenters. The molecule has 0 aromatic rings. The van der Waals surface area contributed by atoms with Crippen molar-refractivity contribution in [2.75, 3.05) is 47.5 Å². The third-order valence-corrected chi connectivity index (χ3v) is 11.5. The molecular weight excluding hydrogens is 838 g/mol. The summed E-state index contributed by atoms with van der Waals surface area (Å²) < 4.78 is 33.8. The lowest BCUT2D eigenvalue weighted by molar-refractivity contribution is -0.870. The van der Waals surface area contributed by atoms with Gasteiger partial charge in [-0.05, 0) is 70.6 Å². The summed E-state index contributed by atoms with van der Waals surface area (Å²) in [6.07, 6.45) is 55.2. The van der Waals surface area contributed by atoms with E-state index in [0.717, 1.165) is 51.4 Å². The highest BCUT2D eigenvalue weighted by molar-refractivity contribution is 7.45. The third kappa shape index (κ3) is 48.9. The van der Waals surface area contributed by atoms with Crippen molar-refractivity contribution in [2.24, 2.45) is 0 Å². The van der Waals surface area contributed by atoms with Crippen molar-refractivity contribution in [3.05, 3.63) is 85.1 Å². The van der Waals surface area contributed by atoms with E-state index < -0.39 is 38.6 Å². The van der Waals surface area contributed by atoms with Crippen LogP contribution in [0.2, 0.25) is 0 Å². The lowest BCUT2D eigenvalue weighted by Gasteiger charge is -2.28. The Morgan fingerprint density at radius 3 is 1.60 bits per heavy atom. The number of carbonyl (C=O) groups excluding carboxylic acids is 2. The van der Waals surface area contributed by atoms with Crippen LogP contribution in [-0.4, -0.2) is 81.2 Å². The molecule has 374 valence electrons. The van der Waals surface area contributed by atoms with Crippen LogP contribution in [0.5, 0.6) is 0 Å². The van der Waals surface area contributed by atoms with Gasteiger partial charge in [0.05, 0.1) is 33.9 Å². The molecule has 0 fully saturated rings. The fourth-order valence-electron chi connectivity index (χ4n) is 6.52. The van der Waals surface area contributed by atoms with Crippen LogP contribution in [0.25, 0.3) is 0 Å². The van der Waals surface area contributed by atoms with Crippen LogP contribution in [0.4, 0.5) is 0 Å². The normalized spacial score (nSPS) is 14.6. The Bertz CT molecular complexity index is 1390. The lowest BCUT2D eigenvalue weighted by atomic mass is 10.0. The largest absolute Gasteiger partial charge is 0.756 e. The van der Waals surface area contributed by atoms with Gasteiger partial charge in [0.1, 0.15) is 19.8 Å². The van der Waals surface area contributed by atoms with E-state index >= 15 is 0 Å². The topological polar surface area (TPSA) is 131 Å². The molecule has 0 rings (SSSR count). The van der Waals surface area contributed by atoms with Crippen molar-refractivity contribution in [3.8, 4) is 0 Å². The van der Waals surface area contributed by atoms with Gasteiger partial charge in [-0.1, -0.05) is 189 Å². The van der Waals surface area contributed by atoms with Gasteiger partial charge in [0.2, 0.25) is 0 Å². The number of rotatable bonds is 45. The van der Waals surface area contributed by atoms with E-state index in [4.69, 9.17) is 18.5 Å². The Labute approximate surface area is 397 Å². The summed E-state index contributed by atoms with van der Waals surface area (Å²) in [5.41, 5.74) is 0. The SMILES string of the molecule is CC/C=C\C/C=C\C/C=C\C/C=C\C/C=C\C=C/C(O)CCC(=O)OC[C@H](COP(=O)([O-])OCC[N+](C)(C)C)OC(=O)CCCCCCCCCCCCC/C=C\CCCCCCCC. The number of nitrogens with zero attached hydrogens (tertiary/aromatic N) is 1. The predicted molar refractivity (Wildman–Crippen MR) is 269 cm³/mol. The molecule has 0 aliphatic rings. The van der Waals surface area contributed by atoms with Crippen LogP contribution in [0.3, 0.4) is 0 Å². The summed E-state index contributed by atoms with van der Waals surface area (Å²) in [6, 6.07) is 0. The number of unbranched alkanes of at least 4 members (excludes halogenated alkanes) is 17. The molecule has 1 N–H and O–H groups in total. The van der Waals surface area contributed by atoms with Gasteiger partial charge in [0, 0.05) is 12.8 Å². The molecule has 0 saturated heterocycles. The number of aliphatic hydroxyl groups excluding tert-OH is 1. The highest BCUT2D eigenvalue weighted by Gasteiger charge is 2.22. The first-order valence-electron chi connectivity index (χ1n) is 25.4. The molecule has 0 radical (unpaired) electrons. The van der Waals surface area contributed by atoms with E-state index in [2.05, 4.69) is 74.6 Å². The molecule has 0 heterocycles. The standard InChI is InChI=1S/C54H94NO9P/c1-6-8-10-12-14-16-18-20-22-24-25-26-27-28-30-32-34-36-38-40-42-44-54(58)64-52(50-63-65(59,60)62-48-47-55(3,4)5)49-61-53(57)46-45-51(56)43-41-39-37-35-33-31-29-23-21-19-17-15-13-11-9-7-2/h9,11,15,17,20-23,31,33,37,39,41,43,51-52,56H,6-8,10,12-14,16,18-19,24-30,32,34-36,38,40,42,44-50H2,1-5H3/b11-9-,17-15-,22-20-,23-21-,33-31-,39-37-,43-41-/t51?,52-/m1/s1. The maximum absolute atomic E-state index is 12.8. The quantitative estimate of drug-likeness (QED) is 0.0158. The minimum atomic E-state index is -4.69. The van der Waals surface area contributed by atoms with Gasteiger partial charge in [-0.2, -0.15) is 0 Å². The predicted octanol–water partition coefficient (Wildman–Crippen LogP) is 13.5. The van der Waals surface area contributed by atoms with E-state index in [1.165, 1.54) is 96.3 Å². The molecule has 0 amide bonds. The highest BCUT2D eigenvalue weighted by atomic mass is 31.2. The van der Waals surface area contributed by atoms with Crippen molar-refractivity contribution in [1.82, 2.24) is 0 Å². The van der Waals surface area contributed by atoms with Crippen LogP contribution < -0.4 is 4.89 Å². The minimum absolute atomic E-state index is 0.0704. The zero-order chi connectivity index (χ0) is 48.0. The van der Waals surface area contributed by atoms with Gasteiger partial charge in [0.25, 0.3) is 7.82 Å². The molecule has 10 nitrogen and oxygen atoms in total. The van der Waals surface area contributed by atoms with Crippen molar-refractivity contribution in [3.63, 3.8) is 0 Å². The summed E-state index contributed by atoms with van der Waals surface area (Å²) >= 11 is 0. The molecule has 0 spiro atoms. The summed E-state index contributed by atoms with van der Waals surface area (Å²) in [5, 5.41) is 10.3. The smallest absolute Gasteiger partial charge is 0.306 e. The number of hydrogen-bond acceptors (Lipinski definition) is 9. The van der Waals surface area contributed by atoms with E-state index in [0.29, 0.717) is 17.4 Å². The van der Waals surface area contributed by atoms with Crippen molar-refractivity contribution in [1.29, 1.82) is 0 Å². The Morgan fingerprint density at radius 1 is 0.585 bits per heavy atom. The van der Waals surface area contributed by atoms with Crippen LogP contribution in [0.15, 0.2) is 85.1 Å². The van der Waals surface area contributed by atoms with E-state index in [9.17, 15) is 24.2 Å². The van der Waals surface area contributed by atoms with Crippen LogP contribution in [-0.2, 0) is 32.7 Å². The molecule has 0 aromatic heterocycles. The number of phosphoric acid groups is 1. The van der Waals surface area contributed by atoms with Gasteiger partial charge in [-0.25, -0.2) is 0 Å². The Balaban J connectivity index is 4.47. The number of esters is 2. The Morgan fingerprint density at radius 2 is 1.08 bits per heavy atom. The number of aliphatic hydroxyl groups is 1. The number of likely N-dealkylation sites (N-methyl/N-ethyl adjacent to an activating group) is 1. The number of carbonyl (C=O) groups is 2. The van der Waals surface area contributed by atoms with Gasteiger partial charge < -0.3 is 33.0 Å². The highest BCUT2D eigenvalue weighted by Crippen LogP contribution is 2.38. The van der Waals surface area contributed by atoms with Gasteiger partial charge >= 0.3 is 11.9 Å². The molecule has 65 heavy (non-hydrogen) atoms. The first-order chi connectivity index (χ1) is 31.4. The first kappa shape index (κ1) is 62.1. The second-order valence-corrected chi connectivity index (χ2v) is 19.4. The molecule has 0 aliphatic carbocycles. The number of ether oxygens (including phenoxy) is 2. The number of phosphoric ester groups is 1. The average molecular weight is 932 g/mol. The second kappa shape index (κ2) is 45.0. The molecule has 0 aromatic carbocycles. The second-order valence-electron chi connectivity index (χ2n) is 18.0. The summed E-state index contributed by atoms with van der Waals surface area (Å²) in [5.74, 6) is -1.12. The number of quaternary nitrogens is 1. The van der Waals surface area contributed by atoms with Crippen molar-refractivity contribution in [2.45, 2.75) is 199 Å². The maximum Gasteiger partial charge on any atom is 0.306 e. The van der Waals surface area contributed by atoms with Gasteiger partial charge in [0.15, 0.2) is 6.10 Å².